The smallest absolute Gasteiger partial charge is 0.243 e. The molecule has 2 bridgehead atoms. The van der Waals surface area contributed by atoms with E-state index in [1.807, 2.05) is 19.1 Å². The highest BCUT2D eigenvalue weighted by Gasteiger charge is 2.50. The largest absolute Gasteiger partial charge is 0.497 e. The van der Waals surface area contributed by atoms with Crippen LogP contribution in [0.25, 0.3) is 0 Å². The Kier molecular flexibility index (Phi) is 3.60. The predicted octanol–water partition coefficient (Wildman–Crippen LogP) is 2.44. The lowest BCUT2D eigenvalue weighted by atomic mass is 9.78. The van der Waals surface area contributed by atoms with E-state index in [1.165, 1.54) is 18.6 Å². The van der Waals surface area contributed by atoms with E-state index in [9.17, 15) is 4.79 Å². The molecule has 3 fully saturated rings. The van der Waals surface area contributed by atoms with E-state index in [2.05, 4.69) is 17.0 Å². The lowest BCUT2D eigenvalue weighted by molar-refractivity contribution is -0.133. The molecule has 0 saturated carbocycles. The maximum absolute atomic E-state index is 12.5. The van der Waals surface area contributed by atoms with Gasteiger partial charge in [-0.3, -0.25) is 9.69 Å². The molecule has 4 aliphatic rings. The van der Waals surface area contributed by atoms with E-state index >= 15 is 0 Å². The number of benzene rings is 1. The van der Waals surface area contributed by atoms with Crippen LogP contribution in [-0.4, -0.2) is 47.8 Å². The van der Waals surface area contributed by atoms with Crippen LogP contribution in [0.2, 0.25) is 0 Å². The standard InChI is InChI=1S/C18H23N3O2/c1-3-15(22)21-17(13-4-6-14(23-2)7-5-13)18-16(19-21)12-8-10-20(18)11-9-12/h4-7,12,17-18H,3,8-11H2,1-2H3/t17-,18+/m1/s1. The molecular formula is C18H23N3O2. The van der Waals surface area contributed by atoms with Crippen molar-refractivity contribution in [1.82, 2.24) is 9.91 Å². The monoisotopic (exact) mass is 313 g/mol. The summed E-state index contributed by atoms with van der Waals surface area (Å²) in [5.41, 5.74) is 2.37. The van der Waals surface area contributed by atoms with Crippen LogP contribution < -0.4 is 4.74 Å². The number of methoxy groups -OCH3 is 1. The lowest BCUT2D eigenvalue weighted by Gasteiger charge is -2.46. The third-order valence-electron chi connectivity index (χ3n) is 5.45. The Hall–Kier alpha value is -1.88. The zero-order chi connectivity index (χ0) is 16.0. The van der Waals surface area contributed by atoms with Gasteiger partial charge in [-0.1, -0.05) is 19.1 Å². The number of fused-ring (bicyclic) bond motifs is 2. The van der Waals surface area contributed by atoms with E-state index in [1.54, 1.807) is 12.1 Å². The van der Waals surface area contributed by atoms with Crippen molar-refractivity contribution in [3.8, 4) is 5.75 Å². The van der Waals surface area contributed by atoms with Crippen LogP contribution in [0.5, 0.6) is 5.75 Å². The summed E-state index contributed by atoms with van der Waals surface area (Å²) in [6.45, 7) is 4.15. The number of carbonyl (C=O) groups is 1. The van der Waals surface area contributed by atoms with Crippen molar-refractivity contribution in [3.05, 3.63) is 29.8 Å². The quantitative estimate of drug-likeness (QED) is 0.861. The number of hydrazone groups is 1. The number of hydrogen-bond donors (Lipinski definition) is 0. The molecule has 0 spiro atoms. The molecule has 5 heteroatoms. The second-order valence-corrected chi connectivity index (χ2v) is 6.59. The molecule has 5 rings (SSSR count). The van der Waals surface area contributed by atoms with Crippen LogP contribution in [0.1, 0.15) is 37.8 Å². The highest BCUT2D eigenvalue weighted by atomic mass is 16.5. The minimum atomic E-state index is 0.00598. The molecule has 4 aliphatic heterocycles. The van der Waals surface area contributed by atoms with Gasteiger partial charge in [0.05, 0.1) is 18.9 Å². The molecule has 0 unspecified atom stereocenters. The molecule has 0 aromatic heterocycles. The van der Waals surface area contributed by atoms with Gasteiger partial charge in [0.15, 0.2) is 0 Å². The number of piperidine rings is 3. The number of rotatable bonds is 3. The zero-order valence-electron chi connectivity index (χ0n) is 13.7. The van der Waals surface area contributed by atoms with Gasteiger partial charge in [-0.2, -0.15) is 5.10 Å². The van der Waals surface area contributed by atoms with E-state index in [0.29, 0.717) is 12.3 Å². The van der Waals surface area contributed by atoms with Crippen molar-refractivity contribution in [3.63, 3.8) is 0 Å². The summed E-state index contributed by atoms with van der Waals surface area (Å²) in [5, 5.41) is 6.54. The van der Waals surface area contributed by atoms with Gasteiger partial charge in [0.25, 0.3) is 0 Å². The average molecular weight is 313 g/mol. The topological polar surface area (TPSA) is 45.1 Å². The van der Waals surface area contributed by atoms with Crippen molar-refractivity contribution in [2.75, 3.05) is 20.2 Å². The van der Waals surface area contributed by atoms with E-state index in [-0.39, 0.29) is 18.0 Å². The van der Waals surface area contributed by atoms with Gasteiger partial charge in [-0.05, 0) is 43.6 Å². The summed E-state index contributed by atoms with van der Waals surface area (Å²) in [6.07, 6.45) is 2.85. The molecule has 1 aromatic rings. The number of hydrogen-bond acceptors (Lipinski definition) is 4. The van der Waals surface area contributed by atoms with Gasteiger partial charge in [0.1, 0.15) is 11.8 Å². The number of carbonyl (C=O) groups excluding carboxylic acids is 1. The molecule has 0 aliphatic carbocycles. The SMILES string of the molecule is CCC(=O)N1N=C2C3CCN(CC3)[C@@H]2[C@H]1c1ccc(OC)cc1. The molecule has 23 heavy (non-hydrogen) atoms. The number of amides is 1. The molecule has 3 saturated heterocycles. The minimum absolute atomic E-state index is 0.00598. The Morgan fingerprint density at radius 3 is 2.52 bits per heavy atom. The summed E-state index contributed by atoms with van der Waals surface area (Å²) >= 11 is 0. The van der Waals surface area contributed by atoms with Crippen LogP contribution in [0.3, 0.4) is 0 Å². The normalized spacial score (nSPS) is 31.7. The van der Waals surface area contributed by atoms with E-state index in [0.717, 1.165) is 24.4 Å². The van der Waals surface area contributed by atoms with E-state index in [4.69, 9.17) is 9.84 Å². The van der Waals surface area contributed by atoms with Crippen LogP contribution >= 0.6 is 0 Å². The third kappa shape index (κ3) is 2.26. The van der Waals surface area contributed by atoms with Gasteiger partial charge in [0.2, 0.25) is 5.91 Å². The summed E-state index contributed by atoms with van der Waals surface area (Å²) in [6, 6.07) is 8.34. The van der Waals surface area contributed by atoms with Crippen molar-refractivity contribution in [2.24, 2.45) is 11.0 Å². The molecular weight excluding hydrogens is 290 g/mol. The van der Waals surface area contributed by atoms with Crippen LogP contribution in [0.4, 0.5) is 0 Å². The first kappa shape index (κ1) is 14.7. The van der Waals surface area contributed by atoms with Gasteiger partial charge >= 0.3 is 0 Å². The maximum atomic E-state index is 12.5. The summed E-state index contributed by atoms with van der Waals surface area (Å²) in [7, 11) is 1.67. The number of nitrogens with zero attached hydrogens (tertiary/aromatic N) is 3. The maximum Gasteiger partial charge on any atom is 0.243 e. The van der Waals surface area contributed by atoms with Crippen LogP contribution in [0.15, 0.2) is 29.4 Å². The Balaban J connectivity index is 1.73. The van der Waals surface area contributed by atoms with Crippen molar-refractivity contribution in [1.29, 1.82) is 0 Å². The van der Waals surface area contributed by atoms with Gasteiger partial charge in [0, 0.05) is 12.3 Å². The lowest BCUT2D eigenvalue weighted by Crippen LogP contribution is -2.56. The van der Waals surface area contributed by atoms with Gasteiger partial charge in [-0.25, -0.2) is 5.01 Å². The molecule has 0 radical (unpaired) electrons. The molecule has 5 nitrogen and oxygen atoms in total. The highest BCUT2D eigenvalue weighted by Crippen LogP contribution is 2.43. The molecule has 2 atom stereocenters. The second kappa shape index (κ2) is 5.64. The second-order valence-electron chi connectivity index (χ2n) is 6.59. The number of ether oxygens (including phenoxy) is 1. The average Bonchev–Trinajstić information content (AvgIpc) is 3.04. The fraction of sp³-hybridized carbons (Fsp3) is 0.556. The Bertz CT molecular complexity index is 632. The molecule has 1 amide bonds. The van der Waals surface area contributed by atoms with Crippen molar-refractivity contribution < 1.29 is 9.53 Å². The minimum Gasteiger partial charge on any atom is -0.497 e. The Labute approximate surface area is 136 Å². The van der Waals surface area contributed by atoms with Crippen molar-refractivity contribution in [2.45, 2.75) is 38.3 Å². The Morgan fingerprint density at radius 1 is 1.22 bits per heavy atom. The van der Waals surface area contributed by atoms with Gasteiger partial charge in [-0.15, -0.1) is 0 Å². The molecule has 122 valence electrons. The Morgan fingerprint density at radius 2 is 1.91 bits per heavy atom. The van der Waals surface area contributed by atoms with Gasteiger partial charge < -0.3 is 4.74 Å². The third-order valence-corrected chi connectivity index (χ3v) is 5.45. The first-order valence-electron chi connectivity index (χ1n) is 8.51. The summed E-state index contributed by atoms with van der Waals surface area (Å²) in [5.74, 6) is 1.50. The fourth-order valence-corrected chi connectivity index (χ4v) is 4.22. The molecule has 0 N–H and O–H groups in total. The zero-order valence-corrected chi connectivity index (χ0v) is 13.7. The van der Waals surface area contributed by atoms with Crippen LogP contribution in [0, 0.1) is 5.92 Å². The summed E-state index contributed by atoms with van der Waals surface area (Å²) in [4.78, 5) is 15.0. The first-order chi connectivity index (χ1) is 11.2. The predicted molar refractivity (Wildman–Crippen MR) is 88.4 cm³/mol. The first-order valence-corrected chi connectivity index (χ1v) is 8.51. The molecule has 1 aromatic carbocycles. The van der Waals surface area contributed by atoms with Crippen molar-refractivity contribution >= 4 is 11.6 Å². The fourth-order valence-electron chi connectivity index (χ4n) is 4.22. The summed E-state index contributed by atoms with van der Waals surface area (Å²) < 4.78 is 5.26. The van der Waals surface area contributed by atoms with E-state index < -0.39 is 0 Å². The molecule has 4 heterocycles. The van der Waals surface area contributed by atoms with Crippen LogP contribution in [-0.2, 0) is 4.79 Å². The highest BCUT2D eigenvalue weighted by molar-refractivity contribution is 5.97.